The molecule has 0 spiro atoms. The number of hydrogen-bond donors (Lipinski definition) is 2. The number of aliphatic hydroxyl groups is 1. The van der Waals surface area contributed by atoms with Crippen LogP contribution in [0.5, 0.6) is 11.5 Å². The van der Waals surface area contributed by atoms with Gasteiger partial charge in [-0.2, -0.15) is 5.26 Å². The van der Waals surface area contributed by atoms with Crippen molar-refractivity contribution in [2.75, 3.05) is 26.1 Å². The molecule has 0 aliphatic rings. The summed E-state index contributed by atoms with van der Waals surface area (Å²) in [6.07, 6.45) is -0.858. The van der Waals surface area contributed by atoms with Crippen LogP contribution in [0.1, 0.15) is 17.2 Å². The summed E-state index contributed by atoms with van der Waals surface area (Å²) in [6.45, 7) is 0.169. The molecule has 0 heterocycles. The molecule has 0 saturated carbocycles. The Bertz CT molecular complexity index is 728. The van der Waals surface area contributed by atoms with Crippen LogP contribution < -0.4 is 14.8 Å². The van der Waals surface area contributed by atoms with Gasteiger partial charge in [-0.05, 0) is 30.3 Å². The van der Waals surface area contributed by atoms with Crippen LogP contribution in [0.15, 0.2) is 36.4 Å². The second-order valence-electron chi connectivity index (χ2n) is 4.78. The number of anilines is 1. The van der Waals surface area contributed by atoms with Gasteiger partial charge in [0.25, 0.3) is 0 Å². The van der Waals surface area contributed by atoms with E-state index in [1.807, 2.05) is 0 Å². The molecule has 0 saturated heterocycles. The van der Waals surface area contributed by atoms with E-state index in [1.165, 1.54) is 7.11 Å². The van der Waals surface area contributed by atoms with Crippen molar-refractivity contribution in [3.8, 4) is 17.6 Å². The van der Waals surface area contributed by atoms with Gasteiger partial charge in [0, 0.05) is 12.1 Å². The first-order chi connectivity index (χ1) is 11.1. The Labute approximate surface area is 140 Å². The van der Waals surface area contributed by atoms with Crippen molar-refractivity contribution in [1.29, 1.82) is 5.26 Å². The van der Waals surface area contributed by atoms with E-state index in [0.717, 1.165) is 0 Å². The quantitative estimate of drug-likeness (QED) is 0.848. The molecular formula is C17H17ClN2O3. The molecule has 0 bridgehead atoms. The summed E-state index contributed by atoms with van der Waals surface area (Å²) in [4.78, 5) is 0. The number of rotatable bonds is 6. The normalized spacial score (nSPS) is 11.4. The lowest BCUT2D eigenvalue weighted by Crippen LogP contribution is -2.14. The molecule has 6 heteroatoms. The third-order valence-electron chi connectivity index (χ3n) is 3.40. The molecule has 23 heavy (non-hydrogen) atoms. The molecule has 2 N–H and O–H groups in total. The summed E-state index contributed by atoms with van der Waals surface area (Å²) in [5.74, 6) is 1.18. The summed E-state index contributed by atoms with van der Waals surface area (Å²) in [5, 5.41) is 23.0. The fourth-order valence-corrected chi connectivity index (χ4v) is 2.45. The smallest absolute Gasteiger partial charge is 0.124 e. The second-order valence-corrected chi connectivity index (χ2v) is 5.19. The zero-order chi connectivity index (χ0) is 16.8. The molecule has 2 aromatic carbocycles. The Morgan fingerprint density at radius 3 is 2.70 bits per heavy atom. The van der Waals surface area contributed by atoms with Gasteiger partial charge < -0.3 is 19.9 Å². The van der Waals surface area contributed by atoms with Crippen molar-refractivity contribution in [1.82, 2.24) is 0 Å². The maximum atomic E-state index is 10.4. The highest BCUT2D eigenvalue weighted by atomic mass is 35.5. The molecule has 0 amide bonds. The fraction of sp³-hybridized carbons (Fsp3) is 0.235. The first-order valence-electron chi connectivity index (χ1n) is 6.93. The van der Waals surface area contributed by atoms with Crippen LogP contribution in [0, 0.1) is 11.3 Å². The van der Waals surface area contributed by atoms with Crippen LogP contribution in [-0.4, -0.2) is 25.9 Å². The SMILES string of the molecule is COc1ccc(OC)c(C(O)CNc2c(Cl)cccc2C#N)c1. The molecule has 2 rings (SSSR count). The average Bonchev–Trinajstić information content (AvgIpc) is 2.59. The van der Waals surface area contributed by atoms with Crippen LogP contribution in [0.3, 0.4) is 0 Å². The third kappa shape index (κ3) is 3.86. The minimum Gasteiger partial charge on any atom is -0.497 e. The van der Waals surface area contributed by atoms with E-state index in [1.54, 1.807) is 43.5 Å². The summed E-state index contributed by atoms with van der Waals surface area (Å²) in [7, 11) is 3.09. The fourth-order valence-electron chi connectivity index (χ4n) is 2.21. The van der Waals surface area contributed by atoms with Gasteiger partial charge in [0.05, 0.1) is 36.6 Å². The molecule has 0 aliphatic carbocycles. The largest absolute Gasteiger partial charge is 0.497 e. The van der Waals surface area contributed by atoms with Crippen LogP contribution in [0.2, 0.25) is 5.02 Å². The highest BCUT2D eigenvalue weighted by Gasteiger charge is 2.16. The van der Waals surface area contributed by atoms with Gasteiger partial charge in [-0.3, -0.25) is 0 Å². The van der Waals surface area contributed by atoms with Crippen molar-refractivity contribution in [3.05, 3.63) is 52.5 Å². The lowest BCUT2D eigenvalue weighted by atomic mass is 10.1. The van der Waals surface area contributed by atoms with Crippen molar-refractivity contribution in [2.24, 2.45) is 0 Å². The van der Waals surface area contributed by atoms with Crippen LogP contribution in [0.25, 0.3) is 0 Å². The Balaban J connectivity index is 2.21. The van der Waals surface area contributed by atoms with Gasteiger partial charge >= 0.3 is 0 Å². The van der Waals surface area contributed by atoms with Crippen molar-refractivity contribution in [3.63, 3.8) is 0 Å². The van der Waals surface area contributed by atoms with Gasteiger partial charge in [0.2, 0.25) is 0 Å². The Kier molecular flexibility index (Phi) is 5.69. The van der Waals surface area contributed by atoms with Crippen LogP contribution >= 0.6 is 11.6 Å². The van der Waals surface area contributed by atoms with Gasteiger partial charge in [-0.15, -0.1) is 0 Å². The molecule has 2 aromatic rings. The van der Waals surface area contributed by atoms with E-state index in [2.05, 4.69) is 11.4 Å². The minimum absolute atomic E-state index is 0.169. The van der Waals surface area contributed by atoms with Crippen molar-refractivity contribution < 1.29 is 14.6 Å². The third-order valence-corrected chi connectivity index (χ3v) is 3.72. The van der Waals surface area contributed by atoms with E-state index >= 15 is 0 Å². The zero-order valence-corrected chi connectivity index (χ0v) is 13.6. The number of methoxy groups -OCH3 is 2. The molecule has 1 unspecified atom stereocenters. The summed E-state index contributed by atoms with van der Waals surface area (Å²) in [6, 6.07) is 12.3. The van der Waals surface area contributed by atoms with E-state index < -0.39 is 6.10 Å². The number of para-hydroxylation sites is 1. The van der Waals surface area contributed by atoms with Crippen molar-refractivity contribution >= 4 is 17.3 Å². The van der Waals surface area contributed by atoms with Gasteiger partial charge in [-0.1, -0.05) is 17.7 Å². The standard InChI is InChI=1S/C17H17ClN2O3/c1-22-12-6-7-16(23-2)13(8-12)15(21)10-20-17-11(9-19)4-3-5-14(17)18/h3-8,15,20-21H,10H2,1-2H3. The van der Waals surface area contributed by atoms with E-state index in [0.29, 0.717) is 33.3 Å². The molecule has 0 aromatic heterocycles. The number of nitrogens with zero attached hydrogens (tertiary/aromatic N) is 1. The van der Waals surface area contributed by atoms with Crippen LogP contribution in [0.4, 0.5) is 5.69 Å². The summed E-state index contributed by atoms with van der Waals surface area (Å²) >= 11 is 6.10. The molecule has 120 valence electrons. The predicted octanol–water partition coefficient (Wildman–Crippen LogP) is 3.37. The Hall–Kier alpha value is -2.42. The zero-order valence-electron chi connectivity index (χ0n) is 12.8. The number of benzene rings is 2. The summed E-state index contributed by atoms with van der Waals surface area (Å²) in [5.41, 5.74) is 1.50. The summed E-state index contributed by atoms with van der Waals surface area (Å²) < 4.78 is 10.4. The monoisotopic (exact) mass is 332 g/mol. The average molecular weight is 333 g/mol. The Morgan fingerprint density at radius 1 is 1.26 bits per heavy atom. The van der Waals surface area contributed by atoms with Crippen molar-refractivity contribution in [2.45, 2.75) is 6.10 Å². The maximum absolute atomic E-state index is 10.4. The lowest BCUT2D eigenvalue weighted by molar-refractivity contribution is 0.186. The van der Waals surface area contributed by atoms with Gasteiger partial charge in [0.15, 0.2) is 0 Å². The highest BCUT2D eigenvalue weighted by molar-refractivity contribution is 6.33. The number of halogens is 1. The maximum Gasteiger partial charge on any atom is 0.124 e. The molecule has 0 fully saturated rings. The second kappa shape index (κ2) is 7.73. The number of aliphatic hydroxyl groups excluding tert-OH is 1. The number of nitrogens with one attached hydrogen (secondary N) is 1. The van der Waals surface area contributed by atoms with E-state index in [-0.39, 0.29) is 6.54 Å². The Morgan fingerprint density at radius 2 is 2.04 bits per heavy atom. The number of hydrogen-bond acceptors (Lipinski definition) is 5. The topological polar surface area (TPSA) is 74.5 Å². The number of nitriles is 1. The van der Waals surface area contributed by atoms with E-state index in [9.17, 15) is 5.11 Å². The molecule has 0 radical (unpaired) electrons. The molecular weight excluding hydrogens is 316 g/mol. The van der Waals surface area contributed by atoms with Gasteiger partial charge in [0.1, 0.15) is 17.6 Å². The molecule has 5 nitrogen and oxygen atoms in total. The first-order valence-corrected chi connectivity index (χ1v) is 7.31. The molecule has 0 aliphatic heterocycles. The predicted molar refractivity (Wildman–Crippen MR) is 89.2 cm³/mol. The first kappa shape index (κ1) is 16.9. The number of ether oxygens (including phenoxy) is 2. The van der Waals surface area contributed by atoms with Gasteiger partial charge in [-0.25, -0.2) is 0 Å². The van der Waals surface area contributed by atoms with E-state index in [4.69, 9.17) is 26.3 Å². The lowest BCUT2D eigenvalue weighted by Gasteiger charge is -2.18. The minimum atomic E-state index is -0.858. The molecule has 1 atom stereocenters. The highest BCUT2D eigenvalue weighted by Crippen LogP contribution is 2.31. The van der Waals surface area contributed by atoms with Crippen LogP contribution in [-0.2, 0) is 0 Å².